The molecule has 7 heteroatoms. The Kier molecular flexibility index (Phi) is 6.37. The van der Waals surface area contributed by atoms with E-state index in [2.05, 4.69) is 5.32 Å². The van der Waals surface area contributed by atoms with E-state index >= 15 is 0 Å². The van der Waals surface area contributed by atoms with Crippen LogP contribution in [0.2, 0.25) is 10.0 Å². The Morgan fingerprint density at radius 2 is 1.74 bits per heavy atom. The van der Waals surface area contributed by atoms with Crippen molar-refractivity contribution in [1.29, 1.82) is 0 Å². The molecule has 2 unspecified atom stereocenters. The second-order valence-electron chi connectivity index (χ2n) is 7.19. The van der Waals surface area contributed by atoms with Gasteiger partial charge >= 0.3 is 0 Å². The molecule has 3 aromatic rings. The molecule has 0 aromatic heterocycles. The Bertz CT molecular complexity index is 1120. The molecule has 0 aliphatic carbocycles. The van der Waals surface area contributed by atoms with Gasteiger partial charge in [-0.3, -0.25) is 10.3 Å². The molecule has 0 spiro atoms. The highest BCUT2D eigenvalue weighted by molar-refractivity contribution is 6.35. The number of nitrogens with zero attached hydrogens (tertiary/aromatic N) is 1. The number of benzene rings is 3. The maximum atomic E-state index is 10.7. The Labute approximate surface area is 191 Å². The first-order valence-corrected chi connectivity index (χ1v) is 10.5. The van der Waals surface area contributed by atoms with E-state index in [9.17, 15) is 5.11 Å². The molecular formula is C24H22Cl2N2O3. The van der Waals surface area contributed by atoms with Gasteiger partial charge in [-0.2, -0.15) is 0 Å². The van der Waals surface area contributed by atoms with E-state index in [1.807, 2.05) is 42.5 Å². The zero-order chi connectivity index (χ0) is 22.0. The van der Waals surface area contributed by atoms with E-state index in [4.69, 9.17) is 37.7 Å². The van der Waals surface area contributed by atoms with Gasteiger partial charge in [0.15, 0.2) is 11.5 Å². The van der Waals surface area contributed by atoms with Crippen molar-refractivity contribution in [1.82, 2.24) is 5.32 Å². The summed E-state index contributed by atoms with van der Waals surface area (Å²) in [7, 11) is 3.17. The number of phenols is 1. The number of halogens is 2. The normalized spacial score (nSPS) is 18.4. The molecule has 2 N–H and O–H groups in total. The molecule has 160 valence electrons. The second kappa shape index (κ2) is 9.18. The van der Waals surface area contributed by atoms with Crippen LogP contribution in [0, 0.1) is 0 Å². The molecule has 1 aliphatic rings. The van der Waals surface area contributed by atoms with Crippen LogP contribution in [0.25, 0.3) is 0 Å². The van der Waals surface area contributed by atoms with Crippen molar-refractivity contribution in [2.24, 2.45) is 4.99 Å². The van der Waals surface area contributed by atoms with E-state index < -0.39 is 6.17 Å². The van der Waals surface area contributed by atoms with Crippen LogP contribution in [-0.2, 0) is 0 Å². The van der Waals surface area contributed by atoms with Gasteiger partial charge in [-0.05, 0) is 48.0 Å². The average molecular weight is 457 g/mol. The molecule has 0 fully saturated rings. The monoisotopic (exact) mass is 456 g/mol. The van der Waals surface area contributed by atoms with Crippen molar-refractivity contribution in [3.8, 4) is 17.2 Å². The molecule has 1 aliphatic heterocycles. The van der Waals surface area contributed by atoms with Crippen molar-refractivity contribution >= 4 is 28.9 Å². The third kappa shape index (κ3) is 4.49. The Morgan fingerprint density at radius 1 is 0.968 bits per heavy atom. The SMILES string of the molecule is COc1ccc(C2=NC(c3ccc(Cl)cc3Cl)NC(c3cccc(OC)c3O)C2)cc1. The summed E-state index contributed by atoms with van der Waals surface area (Å²) in [6, 6.07) is 18.4. The summed E-state index contributed by atoms with van der Waals surface area (Å²) >= 11 is 12.6. The molecule has 0 radical (unpaired) electrons. The maximum Gasteiger partial charge on any atom is 0.162 e. The van der Waals surface area contributed by atoms with Crippen molar-refractivity contribution in [2.75, 3.05) is 14.2 Å². The van der Waals surface area contributed by atoms with Gasteiger partial charge in [0.2, 0.25) is 0 Å². The Hall–Kier alpha value is -2.73. The number of hydrogen-bond acceptors (Lipinski definition) is 5. The third-order valence-electron chi connectivity index (χ3n) is 5.35. The van der Waals surface area contributed by atoms with E-state index in [1.165, 1.54) is 7.11 Å². The number of hydrogen-bond donors (Lipinski definition) is 2. The van der Waals surface area contributed by atoms with Crippen LogP contribution in [0.5, 0.6) is 17.2 Å². The second-order valence-corrected chi connectivity index (χ2v) is 8.04. The first-order chi connectivity index (χ1) is 15.0. The number of methoxy groups -OCH3 is 2. The van der Waals surface area contributed by atoms with Gasteiger partial charge in [-0.25, -0.2) is 0 Å². The van der Waals surface area contributed by atoms with E-state index in [0.717, 1.165) is 28.2 Å². The highest BCUT2D eigenvalue weighted by Crippen LogP contribution is 2.40. The summed E-state index contributed by atoms with van der Waals surface area (Å²) < 4.78 is 10.6. The quantitative estimate of drug-likeness (QED) is 0.498. The zero-order valence-electron chi connectivity index (χ0n) is 17.1. The van der Waals surface area contributed by atoms with Gasteiger partial charge in [-0.15, -0.1) is 0 Å². The molecule has 1 heterocycles. The summed E-state index contributed by atoms with van der Waals surface area (Å²) in [5.74, 6) is 1.31. The fourth-order valence-corrected chi connectivity index (χ4v) is 4.24. The minimum Gasteiger partial charge on any atom is -0.504 e. The zero-order valence-corrected chi connectivity index (χ0v) is 18.6. The largest absolute Gasteiger partial charge is 0.504 e. The van der Waals surface area contributed by atoms with Crippen molar-refractivity contribution in [2.45, 2.75) is 18.6 Å². The predicted octanol–water partition coefficient (Wildman–Crippen LogP) is 5.94. The van der Waals surface area contributed by atoms with Crippen molar-refractivity contribution < 1.29 is 14.6 Å². The highest BCUT2D eigenvalue weighted by atomic mass is 35.5. The number of para-hydroxylation sites is 1. The van der Waals surface area contributed by atoms with Gasteiger partial charge in [0.1, 0.15) is 11.9 Å². The van der Waals surface area contributed by atoms with Crippen LogP contribution in [0.1, 0.15) is 35.3 Å². The standard InChI is InChI=1S/C24H22Cl2N2O3/c1-30-16-9-6-14(7-10-16)20-13-21(18-4-3-5-22(31-2)23(18)29)28-24(27-20)17-11-8-15(25)12-19(17)26/h3-12,21,24,28-29H,13H2,1-2H3. The van der Waals surface area contributed by atoms with E-state index in [-0.39, 0.29) is 11.8 Å². The van der Waals surface area contributed by atoms with Crippen LogP contribution in [0.4, 0.5) is 0 Å². The maximum absolute atomic E-state index is 10.7. The van der Waals surface area contributed by atoms with Crippen LogP contribution in [0.15, 0.2) is 65.7 Å². The number of ether oxygens (including phenoxy) is 2. The lowest BCUT2D eigenvalue weighted by atomic mass is 9.93. The smallest absolute Gasteiger partial charge is 0.162 e. The first kappa shape index (κ1) is 21.5. The third-order valence-corrected chi connectivity index (χ3v) is 5.91. The molecule has 0 saturated carbocycles. The Balaban J connectivity index is 1.78. The fraction of sp³-hybridized carbons (Fsp3) is 0.208. The minimum atomic E-state index is -0.411. The number of aromatic hydroxyl groups is 1. The molecular weight excluding hydrogens is 435 g/mol. The molecule has 5 nitrogen and oxygen atoms in total. The lowest BCUT2D eigenvalue weighted by Gasteiger charge is -2.31. The van der Waals surface area contributed by atoms with Gasteiger partial charge in [0.25, 0.3) is 0 Å². The van der Waals surface area contributed by atoms with Crippen molar-refractivity contribution in [3.63, 3.8) is 0 Å². The lowest BCUT2D eigenvalue weighted by molar-refractivity contribution is 0.360. The summed E-state index contributed by atoms with van der Waals surface area (Å²) in [6.45, 7) is 0. The summed E-state index contributed by atoms with van der Waals surface area (Å²) in [5, 5.41) is 15.3. The number of nitrogens with one attached hydrogen (secondary N) is 1. The number of aliphatic imine (C=N–C) groups is 1. The van der Waals surface area contributed by atoms with Gasteiger partial charge < -0.3 is 14.6 Å². The van der Waals surface area contributed by atoms with Gasteiger partial charge in [0, 0.05) is 39.3 Å². The summed E-state index contributed by atoms with van der Waals surface area (Å²) in [5.41, 5.74) is 3.41. The van der Waals surface area contributed by atoms with Crippen LogP contribution >= 0.6 is 23.2 Å². The van der Waals surface area contributed by atoms with Gasteiger partial charge in [-0.1, -0.05) is 41.4 Å². The molecule has 4 rings (SSSR count). The van der Waals surface area contributed by atoms with Crippen LogP contribution in [-0.4, -0.2) is 25.0 Å². The Morgan fingerprint density at radius 3 is 2.42 bits per heavy atom. The van der Waals surface area contributed by atoms with E-state index in [1.54, 1.807) is 25.3 Å². The molecule has 3 aromatic carbocycles. The minimum absolute atomic E-state index is 0.111. The summed E-state index contributed by atoms with van der Waals surface area (Å²) in [4.78, 5) is 4.94. The molecule has 2 atom stereocenters. The number of phenolic OH excluding ortho intramolecular Hbond substituents is 1. The topological polar surface area (TPSA) is 63.1 Å². The fourth-order valence-electron chi connectivity index (χ4n) is 3.73. The van der Waals surface area contributed by atoms with Crippen LogP contribution in [0.3, 0.4) is 0 Å². The lowest BCUT2D eigenvalue weighted by Crippen LogP contribution is -2.33. The van der Waals surface area contributed by atoms with Gasteiger partial charge in [0.05, 0.1) is 14.2 Å². The summed E-state index contributed by atoms with van der Waals surface area (Å²) in [6.07, 6.45) is 0.167. The van der Waals surface area contributed by atoms with E-state index in [0.29, 0.717) is 22.2 Å². The first-order valence-electron chi connectivity index (χ1n) is 9.78. The number of rotatable bonds is 5. The average Bonchev–Trinajstić information content (AvgIpc) is 2.79. The highest BCUT2D eigenvalue weighted by Gasteiger charge is 2.29. The molecule has 31 heavy (non-hydrogen) atoms. The van der Waals surface area contributed by atoms with Crippen molar-refractivity contribution in [3.05, 3.63) is 87.4 Å². The molecule has 0 amide bonds. The molecule has 0 saturated heterocycles. The predicted molar refractivity (Wildman–Crippen MR) is 124 cm³/mol. The molecule has 0 bridgehead atoms. The van der Waals surface area contributed by atoms with Crippen LogP contribution < -0.4 is 14.8 Å².